The van der Waals surface area contributed by atoms with E-state index in [9.17, 15) is 4.79 Å². The summed E-state index contributed by atoms with van der Waals surface area (Å²) in [5.41, 5.74) is 1.30. The van der Waals surface area contributed by atoms with Crippen LogP contribution in [-0.4, -0.2) is 16.4 Å². The van der Waals surface area contributed by atoms with Crippen molar-refractivity contribution in [2.45, 2.75) is 58.9 Å². The second-order valence-electron chi connectivity index (χ2n) is 5.14. The van der Waals surface area contributed by atoms with Crippen LogP contribution in [0.3, 0.4) is 0 Å². The molecule has 0 aliphatic carbocycles. The number of amides is 1. The van der Waals surface area contributed by atoms with Crippen molar-refractivity contribution < 1.29 is 4.79 Å². The first-order valence-corrected chi connectivity index (χ1v) is 7.30. The maximum absolute atomic E-state index is 12.3. The van der Waals surface area contributed by atoms with Gasteiger partial charge in [-0.25, -0.2) is 4.98 Å². The Kier molecular flexibility index (Phi) is 5.80. The van der Waals surface area contributed by atoms with Crippen molar-refractivity contribution in [3.8, 4) is 0 Å². The van der Waals surface area contributed by atoms with Crippen molar-refractivity contribution in [3.63, 3.8) is 0 Å². The molecule has 1 aromatic rings. The topological polar surface area (TPSA) is 42.0 Å². The third kappa shape index (κ3) is 4.50. The zero-order valence-corrected chi connectivity index (χ0v) is 13.0. The Morgan fingerprint density at radius 2 is 1.95 bits per heavy atom. The second-order valence-corrected chi connectivity index (χ2v) is 5.53. The van der Waals surface area contributed by atoms with E-state index in [1.165, 1.54) is 0 Å². The summed E-state index contributed by atoms with van der Waals surface area (Å²) in [5, 5.41) is 3.46. The number of carbonyl (C=O) groups is 1. The monoisotopic (exact) mass is 282 g/mol. The van der Waals surface area contributed by atoms with Gasteiger partial charge in [0, 0.05) is 16.8 Å². The summed E-state index contributed by atoms with van der Waals surface area (Å²) in [6.07, 6.45) is 3.61. The molecule has 3 nitrogen and oxygen atoms in total. The number of carbonyl (C=O) groups excluding carboxylic acids is 1. The summed E-state index contributed by atoms with van der Waals surface area (Å²) in [7, 11) is 0. The number of aryl methyl sites for hydroxylation is 1. The molecular weight excluding hydrogens is 260 g/mol. The lowest BCUT2D eigenvalue weighted by atomic mass is 9.95. The van der Waals surface area contributed by atoms with Crippen LogP contribution in [0.5, 0.6) is 0 Å². The number of hydrogen-bond donors (Lipinski definition) is 1. The predicted molar refractivity (Wildman–Crippen MR) is 79.7 cm³/mol. The first-order chi connectivity index (χ1) is 8.94. The third-order valence-electron chi connectivity index (χ3n) is 3.59. The molecule has 0 aromatic carbocycles. The van der Waals surface area contributed by atoms with Gasteiger partial charge in [-0.3, -0.25) is 4.79 Å². The fraction of sp³-hybridized carbons (Fsp3) is 0.600. The van der Waals surface area contributed by atoms with Crippen molar-refractivity contribution in [2.24, 2.45) is 0 Å². The summed E-state index contributed by atoms with van der Waals surface area (Å²) in [6.45, 7) is 8.28. The van der Waals surface area contributed by atoms with E-state index in [1.807, 2.05) is 6.07 Å². The lowest BCUT2D eigenvalue weighted by Gasteiger charge is -2.28. The molecule has 1 rings (SSSR count). The van der Waals surface area contributed by atoms with Gasteiger partial charge in [-0.2, -0.15) is 0 Å². The zero-order valence-electron chi connectivity index (χ0n) is 12.2. The predicted octanol–water partition coefficient (Wildman–Crippen LogP) is 4.00. The van der Waals surface area contributed by atoms with Gasteiger partial charge < -0.3 is 5.32 Å². The molecule has 0 saturated heterocycles. The van der Waals surface area contributed by atoms with Crippen molar-refractivity contribution in [2.75, 3.05) is 0 Å². The van der Waals surface area contributed by atoms with Gasteiger partial charge in [0.2, 0.25) is 0 Å². The molecule has 0 aliphatic heterocycles. The Morgan fingerprint density at radius 1 is 1.32 bits per heavy atom. The van der Waals surface area contributed by atoms with Gasteiger partial charge in [0.15, 0.2) is 0 Å². The largest absolute Gasteiger partial charge is 0.347 e. The number of nitrogens with one attached hydrogen (secondary N) is 1. The van der Waals surface area contributed by atoms with E-state index in [1.54, 1.807) is 6.07 Å². The van der Waals surface area contributed by atoms with Crippen molar-refractivity contribution in [3.05, 3.63) is 28.5 Å². The minimum Gasteiger partial charge on any atom is -0.347 e. The van der Waals surface area contributed by atoms with Crippen LogP contribution in [0.15, 0.2) is 12.1 Å². The van der Waals surface area contributed by atoms with E-state index in [0.717, 1.165) is 31.4 Å². The van der Waals surface area contributed by atoms with E-state index in [-0.39, 0.29) is 11.4 Å². The van der Waals surface area contributed by atoms with Gasteiger partial charge in [0.05, 0.1) is 0 Å². The molecule has 0 spiro atoms. The molecule has 4 heteroatoms. The fourth-order valence-electron chi connectivity index (χ4n) is 1.84. The van der Waals surface area contributed by atoms with Gasteiger partial charge in [0.25, 0.3) is 5.91 Å². The number of hydrogen-bond acceptors (Lipinski definition) is 2. The van der Waals surface area contributed by atoms with E-state index < -0.39 is 0 Å². The van der Waals surface area contributed by atoms with E-state index in [0.29, 0.717) is 10.7 Å². The highest BCUT2D eigenvalue weighted by molar-refractivity contribution is 6.29. The molecule has 1 aromatic heterocycles. The Bertz CT molecular complexity index is 442. The van der Waals surface area contributed by atoms with Crippen molar-refractivity contribution >= 4 is 17.5 Å². The maximum atomic E-state index is 12.3. The van der Waals surface area contributed by atoms with Crippen LogP contribution in [0.2, 0.25) is 5.15 Å². The van der Waals surface area contributed by atoms with Gasteiger partial charge >= 0.3 is 0 Å². The highest BCUT2D eigenvalue weighted by Gasteiger charge is 2.23. The number of nitrogens with zero attached hydrogens (tertiary/aromatic N) is 1. The van der Waals surface area contributed by atoms with Gasteiger partial charge in [0.1, 0.15) is 5.15 Å². The fourth-order valence-corrected chi connectivity index (χ4v) is 2.07. The SMILES string of the molecule is CCCc1cc(C(=O)NC(C)(CC)CC)cc(Cl)n1. The van der Waals surface area contributed by atoms with Crippen LogP contribution in [0, 0.1) is 0 Å². The lowest BCUT2D eigenvalue weighted by molar-refractivity contribution is 0.0901. The molecule has 0 bridgehead atoms. The van der Waals surface area contributed by atoms with Gasteiger partial charge in [-0.05, 0) is 38.3 Å². The van der Waals surface area contributed by atoms with E-state index in [4.69, 9.17) is 11.6 Å². The molecule has 0 atom stereocenters. The minimum atomic E-state index is -0.169. The van der Waals surface area contributed by atoms with E-state index >= 15 is 0 Å². The molecule has 0 unspecified atom stereocenters. The lowest BCUT2D eigenvalue weighted by Crippen LogP contribution is -2.45. The molecule has 0 radical (unpaired) electrons. The van der Waals surface area contributed by atoms with Gasteiger partial charge in [-0.1, -0.05) is 38.8 Å². The summed E-state index contributed by atoms with van der Waals surface area (Å²) in [6, 6.07) is 3.46. The molecular formula is C15H23ClN2O. The normalized spacial score (nSPS) is 11.4. The molecule has 1 N–H and O–H groups in total. The number of pyridine rings is 1. The maximum Gasteiger partial charge on any atom is 0.251 e. The summed E-state index contributed by atoms with van der Waals surface area (Å²) < 4.78 is 0. The Morgan fingerprint density at radius 3 is 2.47 bits per heavy atom. The number of aromatic nitrogens is 1. The average molecular weight is 283 g/mol. The highest BCUT2D eigenvalue weighted by atomic mass is 35.5. The van der Waals surface area contributed by atoms with Crippen molar-refractivity contribution in [1.82, 2.24) is 10.3 Å². The smallest absolute Gasteiger partial charge is 0.251 e. The van der Waals surface area contributed by atoms with Crippen LogP contribution in [0.1, 0.15) is 63.0 Å². The van der Waals surface area contributed by atoms with Crippen molar-refractivity contribution in [1.29, 1.82) is 0 Å². The first-order valence-electron chi connectivity index (χ1n) is 6.93. The average Bonchev–Trinajstić information content (AvgIpc) is 2.38. The third-order valence-corrected chi connectivity index (χ3v) is 3.79. The van der Waals surface area contributed by atoms with Crippen LogP contribution >= 0.6 is 11.6 Å². The highest BCUT2D eigenvalue weighted by Crippen LogP contribution is 2.17. The summed E-state index contributed by atoms with van der Waals surface area (Å²) in [5.74, 6) is -0.0761. The molecule has 1 heterocycles. The quantitative estimate of drug-likeness (QED) is 0.802. The molecule has 0 aliphatic rings. The van der Waals surface area contributed by atoms with Crippen LogP contribution in [-0.2, 0) is 6.42 Å². The summed E-state index contributed by atoms with van der Waals surface area (Å²) in [4.78, 5) is 16.5. The molecule has 19 heavy (non-hydrogen) atoms. The standard InChI is InChI=1S/C15H23ClN2O/c1-5-8-12-9-11(10-13(16)17-12)14(19)18-15(4,6-2)7-3/h9-10H,5-8H2,1-4H3,(H,18,19). The van der Waals surface area contributed by atoms with Crippen LogP contribution < -0.4 is 5.32 Å². The molecule has 0 fully saturated rings. The Hall–Kier alpha value is -1.09. The molecule has 1 amide bonds. The number of halogens is 1. The Balaban J connectivity index is 2.93. The van der Waals surface area contributed by atoms with E-state index in [2.05, 4.69) is 38.0 Å². The number of rotatable bonds is 6. The van der Waals surface area contributed by atoms with Gasteiger partial charge in [-0.15, -0.1) is 0 Å². The summed E-state index contributed by atoms with van der Waals surface area (Å²) >= 11 is 5.98. The molecule has 0 saturated carbocycles. The van der Waals surface area contributed by atoms with Crippen LogP contribution in [0.25, 0.3) is 0 Å². The first kappa shape index (κ1) is 16.0. The second kappa shape index (κ2) is 6.90. The minimum absolute atomic E-state index is 0.0761. The Labute approximate surface area is 120 Å². The molecule has 106 valence electrons. The van der Waals surface area contributed by atoms with Crippen LogP contribution in [0.4, 0.5) is 0 Å². The zero-order chi connectivity index (χ0) is 14.5.